The number of carbonyl (C=O) groups is 2. The largest absolute Gasteiger partial charge is 0.490 e. The Labute approximate surface area is 205 Å². The van der Waals surface area contributed by atoms with Crippen molar-refractivity contribution in [2.45, 2.75) is 24.3 Å². The minimum absolute atomic E-state index is 0.0252. The average molecular weight is 500 g/mol. The van der Waals surface area contributed by atoms with Crippen molar-refractivity contribution in [2.75, 3.05) is 45.9 Å². The molecule has 3 aliphatic heterocycles. The fourth-order valence-corrected chi connectivity index (χ4v) is 6.19. The predicted molar refractivity (Wildman–Crippen MR) is 127 cm³/mol. The molecule has 9 nitrogen and oxygen atoms in total. The molecular formula is C25H29N3O6S. The van der Waals surface area contributed by atoms with Gasteiger partial charge >= 0.3 is 0 Å². The summed E-state index contributed by atoms with van der Waals surface area (Å²) in [6.07, 6.45) is 0.935. The van der Waals surface area contributed by atoms with Crippen LogP contribution in [0.4, 0.5) is 0 Å². The number of fused-ring (bicyclic) bond motifs is 1. The van der Waals surface area contributed by atoms with Gasteiger partial charge in [-0.3, -0.25) is 9.59 Å². The highest BCUT2D eigenvalue weighted by Crippen LogP contribution is 2.33. The highest BCUT2D eigenvalue weighted by atomic mass is 32.2. The first-order chi connectivity index (χ1) is 16.9. The van der Waals surface area contributed by atoms with Crippen molar-refractivity contribution in [3.05, 3.63) is 54.1 Å². The molecule has 0 spiro atoms. The molecule has 35 heavy (non-hydrogen) atoms. The van der Waals surface area contributed by atoms with E-state index in [1.807, 2.05) is 30.3 Å². The molecule has 2 fully saturated rings. The molecule has 0 bridgehead atoms. The van der Waals surface area contributed by atoms with Crippen molar-refractivity contribution in [3.63, 3.8) is 0 Å². The molecule has 0 aliphatic carbocycles. The first-order valence-corrected chi connectivity index (χ1v) is 13.4. The monoisotopic (exact) mass is 499 g/mol. The van der Waals surface area contributed by atoms with Crippen LogP contribution in [-0.2, 0) is 26.2 Å². The SMILES string of the molecule is O=C1CC(C(=O)N2CCN(S(=O)(=O)c3ccc4c(c3)OCCCO4)CC2)CN1Cc1ccccc1. The third kappa shape index (κ3) is 4.99. The average Bonchev–Trinajstić information content (AvgIpc) is 3.08. The Hall–Kier alpha value is -3.11. The second-order valence-electron chi connectivity index (χ2n) is 9.05. The lowest BCUT2D eigenvalue weighted by Crippen LogP contribution is -2.52. The van der Waals surface area contributed by atoms with Crippen LogP contribution >= 0.6 is 0 Å². The van der Waals surface area contributed by atoms with E-state index in [4.69, 9.17) is 9.47 Å². The lowest BCUT2D eigenvalue weighted by Gasteiger charge is -2.35. The molecule has 2 saturated heterocycles. The summed E-state index contributed by atoms with van der Waals surface area (Å²) in [5.41, 5.74) is 1.03. The van der Waals surface area contributed by atoms with E-state index in [1.165, 1.54) is 16.4 Å². The maximum Gasteiger partial charge on any atom is 0.243 e. The summed E-state index contributed by atoms with van der Waals surface area (Å²) in [6, 6.07) is 14.4. The lowest BCUT2D eigenvalue weighted by molar-refractivity contribution is -0.137. The Morgan fingerprint density at radius 3 is 2.40 bits per heavy atom. The first-order valence-electron chi connectivity index (χ1n) is 11.9. The van der Waals surface area contributed by atoms with E-state index in [0.717, 1.165) is 12.0 Å². The molecule has 5 rings (SSSR count). The molecule has 0 radical (unpaired) electrons. The second-order valence-corrected chi connectivity index (χ2v) is 11.0. The molecule has 0 aromatic heterocycles. The molecule has 1 unspecified atom stereocenters. The molecule has 0 N–H and O–H groups in total. The van der Waals surface area contributed by atoms with Crippen LogP contribution in [0.25, 0.3) is 0 Å². The fraction of sp³-hybridized carbons (Fsp3) is 0.440. The summed E-state index contributed by atoms with van der Waals surface area (Å²) >= 11 is 0. The summed E-state index contributed by atoms with van der Waals surface area (Å²) in [7, 11) is -3.73. The van der Waals surface area contributed by atoms with Crippen LogP contribution < -0.4 is 9.47 Å². The topological polar surface area (TPSA) is 96.5 Å². The van der Waals surface area contributed by atoms with Gasteiger partial charge in [-0.15, -0.1) is 0 Å². The Morgan fingerprint density at radius 1 is 0.943 bits per heavy atom. The highest BCUT2D eigenvalue weighted by Gasteiger charge is 2.38. The molecule has 2 amide bonds. The molecule has 3 aliphatic rings. The summed E-state index contributed by atoms with van der Waals surface area (Å²) in [4.78, 5) is 29.2. The normalized spacial score (nSPS) is 21.1. The van der Waals surface area contributed by atoms with Crippen LogP contribution in [-0.4, -0.2) is 80.3 Å². The van der Waals surface area contributed by atoms with Gasteiger partial charge in [0.2, 0.25) is 21.8 Å². The van der Waals surface area contributed by atoms with E-state index in [1.54, 1.807) is 15.9 Å². The molecule has 10 heteroatoms. The van der Waals surface area contributed by atoms with Gasteiger partial charge in [0.15, 0.2) is 11.5 Å². The minimum Gasteiger partial charge on any atom is -0.490 e. The van der Waals surface area contributed by atoms with E-state index in [0.29, 0.717) is 50.9 Å². The minimum atomic E-state index is -3.73. The number of rotatable bonds is 5. The third-order valence-corrected chi connectivity index (χ3v) is 8.58. The summed E-state index contributed by atoms with van der Waals surface area (Å²) < 4.78 is 39.1. The van der Waals surface area contributed by atoms with Gasteiger partial charge in [0.25, 0.3) is 0 Å². The van der Waals surface area contributed by atoms with Crippen LogP contribution in [0.1, 0.15) is 18.4 Å². The van der Waals surface area contributed by atoms with Gasteiger partial charge in [0.1, 0.15) is 0 Å². The molecule has 2 aromatic carbocycles. The predicted octanol–water partition coefficient (Wildman–Crippen LogP) is 1.73. The number of hydrogen-bond acceptors (Lipinski definition) is 6. The van der Waals surface area contributed by atoms with E-state index in [9.17, 15) is 18.0 Å². The Morgan fingerprint density at radius 2 is 1.66 bits per heavy atom. The molecule has 186 valence electrons. The number of sulfonamides is 1. The summed E-state index contributed by atoms with van der Waals surface area (Å²) in [5.74, 6) is 0.480. The standard InChI is InChI=1S/C25H29N3O6S/c29-24-15-20(18-27(24)17-19-5-2-1-3-6-19)25(30)26-9-11-28(12-10-26)35(31,32)21-7-8-22-23(16-21)34-14-4-13-33-22/h1-3,5-8,16,20H,4,9-15,17-18H2. The van der Waals surface area contributed by atoms with Crippen molar-refractivity contribution in [1.82, 2.24) is 14.1 Å². The number of carbonyl (C=O) groups excluding carboxylic acids is 2. The van der Waals surface area contributed by atoms with Gasteiger partial charge in [-0.2, -0.15) is 4.31 Å². The van der Waals surface area contributed by atoms with Crippen LogP contribution in [0.5, 0.6) is 11.5 Å². The number of amides is 2. The van der Waals surface area contributed by atoms with Crippen molar-refractivity contribution < 1.29 is 27.5 Å². The Kier molecular flexibility index (Phi) is 6.66. The molecular weight excluding hydrogens is 470 g/mol. The first kappa shape index (κ1) is 23.6. The van der Waals surface area contributed by atoms with Crippen LogP contribution in [0.3, 0.4) is 0 Å². The zero-order chi connectivity index (χ0) is 24.4. The van der Waals surface area contributed by atoms with Crippen LogP contribution in [0.2, 0.25) is 0 Å². The van der Waals surface area contributed by atoms with Gasteiger partial charge in [0, 0.05) is 58.2 Å². The second kappa shape index (κ2) is 9.87. The number of hydrogen-bond donors (Lipinski definition) is 0. The number of ether oxygens (including phenoxy) is 2. The number of benzene rings is 2. The Bertz CT molecular complexity index is 1190. The van der Waals surface area contributed by atoms with Gasteiger partial charge in [-0.05, 0) is 17.7 Å². The maximum absolute atomic E-state index is 13.2. The fourth-order valence-electron chi connectivity index (χ4n) is 4.75. The van der Waals surface area contributed by atoms with Crippen molar-refractivity contribution in [1.29, 1.82) is 0 Å². The highest BCUT2D eigenvalue weighted by molar-refractivity contribution is 7.89. The van der Waals surface area contributed by atoms with Crippen molar-refractivity contribution >= 4 is 21.8 Å². The van der Waals surface area contributed by atoms with Gasteiger partial charge in [-0.25, -0.2) is 8.42 Å². The zero-order valence-corrected chi connectivity index (χ0v) is 20.3. The number of likely N-dealkylation sites (tertiary alicyclic amines) is 1. The number of nitrogens with zero attached hydrogens (tertiary/aromatic N) is 3. The summed E-state index contributed by atoms with van der Waals surface area (Å²) in [5, 5.41) is 0. The van der Waals surface area contributed by atoms with E-state index in [2.05, 4.69) is 0 Å². The smallest absolute Gasteiger partial charge is 0.243 e. The molecule has 3 heterocycles. The van der Waals surface area contributed by atoms with Crippen molar-refractivity contribution in [3.8, 4) is 11.5 Å². The molecule has 2 aromatic rings. The summed E-state index contributed by atoms with van der Waals surface area (Å²) in [6.45, 7) is 2.90. The molecule has 1 atom stereocenters. The van der Waals surface area contributed by atoms with E-state index >= 15 is 0 Å². The van der Waals surface area contributed by atoms with E-state index in [-0.39, 0.29) is 36.2 Å². The van der Waals surface area contributed by atoms with Crippen LogP contribution in [0, 0.1) is 5.92 Å². The lowest BCUT2D eigenvalue weighted by atomic mass is 10.1. The van der Waals surface area contributed by atoms with Gasteiger partial charge < -0.3 is 19.3 Å². The molecule has 0 saturated carbocycles. The number of piperazine rings is 1. The van der Waals surface area contributed by atoms with Crippen molar-refractivity contribution in [2.24, 2.45) is 5.92 Å². The van der Waals surface area contributed by atoms with E-state index < -0.39 is 15.9 Å². The van der Waals surface area contributed by atoms with Crippen LogP contribution in [0.15, 0.2) is 53.4 Å². The van der Waals surface area contributed by atoms with Gasteiger partial charge in [0.05, 0.1) is 24.0 Å². The maximum atomic E-state index is 13.2. The zero-order valence-electron chi connectivity index (χ0n) is 19.5. The Balaban J connectivity index is 1.19. The quantitative estimate of drug-likeness (QED) is 0.622. The third-order valence-electron chi connectivity index (χ3n) is 6.69. The van der Waals surface area contributed by atoms with Gasteiger partial charge in [-0.1, -0.05) is 30.3 Å².